The summed E-state index contributed by atoms with van der Waals surface area (Å²) in [4.78, 5) is 2.20. The Hall–Kier alpha value is -3.18. The maximum absolute atomic E-state index is 13.1. The monoisotopic (exact) mass is 458 g/mol. The van der Waals surface area contributed by atoms with Crippen LogP contribution < -0.4 is 14.4 Å². The molecule has 3 heterocycles. The van der Waals surface area contributed by atoms with E-state index in [-0.39, 0.29) is 4.90 Å². The van der Waals surface area contributed by atoms with Gasteiger partial charge in [0.15, 0.2) is 23.1 Å². The number of methoxy groups -OCH3 is 2. The smallest absolute Gasteiger partial charge is 0.243 e. The summed E-state index contributed by atoms with van der Waals surface area (Å²) in [5.74, 6) is 2.22. The lowest BCUT2D eigenvalue weighted by Crippen LogP contribution is -2.49. The SMILES string of the molecule is COc1ccc(S(=O)(=O)N2CCN(c3ccc(-n4nc(C)cc4C)nn3)CC2)cc1OC. The second kappa shape index (κ2) is 8.75. The zero-order chi connectivity index (χ0) is 22.9. The molecule has 4 rings (SSSR count). The van der Waals surface area contributed by atoms with Crippen molar-refractivity contribution in [3.63, 3.8) is 0 Å². The molecule has 1 aliphatic rings. The molecule has 0 saturated carbocycles. The van der Waals surface area contributed by atoms with Gasteiger partial charge in [-0.05, 0) is 44.2 Å². The van der Waals surface area contributed by atoms with E-state index in [9.17, 15) is 8.42 Å². The fourth-order valence-corrected chi connectivity index (χ4v) is 5.18. The molecule has 0 aliphatic carbocycles. The minimum absolute atomic E-state index is 0.178. The highest BCUT2D eigenvalue weighted by molar-refractivity contribution is 7.89. The topological polar surface area (TPSA) is 103 Å². The molecule has 32 heavy (non-hydrogen) atoms. The van der Waals surface area contributed by atoms with Crippen molar-refractivity contribution in [2.24, 2.45) is 0 Å². The summed E-state index contributed by atoms with van der Waals surface area (Å²) in [5, 5.41) is 13.1. The predicted octanol–water partition coefficient (Wildman–Crippen LogP) is 1.81. The van der Waals surface area contributed by atoms with E-state index in [2.05, 4.69) is 15.3 Å². The molecular weight excluding hydrogens is 432 g/mol. The van der Waals surface area contributed by atoms with Gasteiger partial charge in [-0.15, -0.1) is 10.2 Å². The minimum atomic E-state index is -3.65. The van der Waals surface area contributed by atoms with E-state index in [0.717, 1.165) is 11.4 Å². The highest BCUT2D eigenvalue weighted by atomic mass is 32.2. The van der Waals surface area contributed by atoms with Crippen molar-refractivity contribution in [1.82, 2.24) is 24.3 Å². The highest BCUT2D eigenvalue weighted by Crippen LogP contribution is 2.31. The predicted molar refractivity (Wildman–Crippen MR) is 119 cm³/mol. The largest absolute Gasteiger partial charge is 0.493 e. The van der Waals surface area contributed by atoms with Crippen LogP contribution in [-0.2, 0) is 10.0 Å². The number of aryl methyl sites for hydroxylation is 2. The molecule has 1 saturated heterocycles. The molecule has 10 nitrogen and oxygen atoms in total. The van der Waals surface area contributed by atoms with Crippen molar-refractivity contribution in [3.05, 3.63) is 47.8 Å². The lowest BCUT2D eigenvalue weighted by atomic mass is 10.3. The zero-order valence-electron chi connectivity index (χ0n) is 18.5. The summed E-state index contributed by atoms with van der Waals surface area (Å²) >= 11 is 0. The molecule has 0 atom stereocenters. The van der Waals surface area contributed by atoms with Gasteiger partial charge in [0.1, 0.15) is 0 Å². The van der Waals surface area contributed by atoms with Crippen LogP contribution in [0.4, 0.5) is 5.82 Å². The molecule has 1 fully saturated rings. The molecular formula is C21H26N6O4S. The number of rotatable bonds is 6. The normalized spacial score (nSPS) is 15.1. The Morgan fingerprint density at radius 1 is 0.844 bits per heavy atom. The average Bonchev–Trinajstić information content (AvgIpc) is 3.16. The van der Waals surface area contributed by atoms with Crippen LogP contribution in [0.15, 0.2) is 41.3 Å². The first-order valence-electron chi connectivity index (χ1n) is 10.2. The second-order valence-corrected chi connectivity index (χ2v) is 9.43. The van der Waals surface area contributed by atoms with Crippen LogP contribution in [0, 0.1) is 13.8 Å². The number of anilines is 1. The number of nitrogens with zero attached hydrogens (tertiary/aromatic N) is 6. The Kier molecular flexibility index (Phi) is 6.02. The van der Waals surface area contributed by atoms with Crippen LogP contribution in [0.25, 0.3) is 5.82 Å². The molecule has 1 aromatic carbocycles. The van der Waals surface area contributed by atoms with Crippen molar-refractivity contribution < 1.29 is 17.9 Å². The summed E-state index contributed by atoms with van der Waals surface area (Å²) in [5.41, 5.74) is 1.90. The third kappa shape index (κ3) is 4.13. The summed E-state index contributed by atoms with van der Waals surface area (Å²) < 4.78 is 39.9. The first-order chi connectivity index (χ1) is 15.3. The fraction of sp³-hybridized carbons (Fsp3) is 0.381. The van der Waals surface area contributed by atoms with E-state index in [1.165, 1.54) is 30.7 Å². The summed E-state index contributed by atoms with van der Waals surface area (Å²) in [6, 6.07) is 10.4. The molecule has 0 spiro atoms. The Morgan fingerprint density at radius 3 is 2.06 bits per heavy atom. The zero-order valence-corrected chi connectivity index (χ0v) is 19.3. The molecule has 3 aromatic rings. The maximum atomic E-state index is 13.1. The molecule has 0 amide bonds. The second-order valence-electron chi connectivity index (χ2n) is 7.50. The number of hydrogen-bond acceptors (Lipinski definition) is 8. The number of ether oxygens (including phenoxy) is 2. The van der Waals surface area contributed by atoms with Gasteiger partial charge in [0.05, 0.1) is 24.8 Å². The van der Waals surface area contributed by atoms with E-state index in [1.54, 1.807) is 10.7 Å². The molecule has 0 unspecified atom stereocenters. The standard InChI is InChI=1S/C21H26N6O4S/c1-15-13-16(2)27(24-15)21-8-7-20(22-23-21)25-9-11-26(12-10-25)32(28,29)17-5-6-18(30-3)19(14-17)31-4/h5-8,13-14H,9-12H2,1-4H3. The molecule has 170 valence electrons. The van der Waals surface area contributed by atoms with Gasteiger partial charge in [0.25, 0.3) is 0 Å². The van der Waals surface area contributed by atoms with Gasteiger partial charge in [-0.1, -0.05) is 0 Å². The molecule has 0 radical (unpaired) electrons. The van der Waals surface area contributed by atoms with E-state index in [0.29, 0.717) is 49.3 Å². The first kappa shape index (κ1) is 22.0. The van der Waals surface area contributed by atoms with Crippen LogP contribution in [0.1, 0.15) is 11.4 Å². The van der Waals surface area contributed by atoms with E-state index < -0.39 is 10.0 Å². The quantitative estimate of drug-likeness (QED) is 0.551. The number of benzene rings is 1. The van der Waals surface area contributed by atoms with Gasteiger partial charge in [-0.25, -0.2) is 13.1 Å². The number of aromatic nitrogens is 4. The van der Waals surface area contributed by atoms with Gasteiger partial charge in [0, 0.05) is 37.9 Å². The van der Waals surface area contributed by atoms with E-state index >= 15 is 0 Å². The van der Waals surface area contributed by atoms with Gasteiger partial charge in [-0.3, -0.25) is 0 Å². The first-order valence-corrected chi connectivity index (χ1v) is 11.6. The van der Waals surface area contributed by atoms with Crippen molar-refractivity contribution in [2.45, 2.75) is 18.7 Å². The van der Waals surface area contributed by atoms with Crippen LogP contribution in [0.5, 0.6) is 11.5 Å². The summed E-state index contributed by atoms with van der Waals surface area (Å²) in [6.07, 6.45) is 0. The maximum Gasteiger partial charge on any atom is 0.243 e. The summed E-state index contributed by atoms with van der Waals surface area (Å²) in [7, 11) is -0.655. The van der Waals surface area contributed by atoms with Gasteiger partial charge in [-0.2, -0.15) is 9.40 Å². The third-order valence-corrected chi connectivity index (χ3v) is 7.31. The lowest BCUT2D eigenvalue weighted by molar-refractivity contribution is 0.353. The Balaban J connectivity index is 1.45. The molecule has 11 heteroatoms. The molecule has 2 aromatic heterocycles. The minimum Gasteiger partial charge on any atom is -0.493 e. The van der Waals surface area contributed by atoms with Crippen molar-refractivity contribution in [2.75, 3.05) is 45.3 Å². The molecule has 1 aliphatic heterocycles. The highest BCUT2D eigenvalue weighted by Gasteiger charge is 2.30. The molecule has 0 bridgehead atoms. The van der Waals surface area contributed by atoms with Gasteiger partial charge in [0.2, 0.25) is 10.0 Å². The van der Waals surface area contributed by atoms with Crippen LogP contribution in [-0.4, -0.2) is 73.1 Å². The van der Waals surface area contributed by atoms with Crippen LogP contribution >= 0.6 is 0 Å². The van der Waals surface area contributed by atoms with E-state index in [1.807, 2.05) is 36.9 Å². The lowest BCUT2D eigenvalue weighted by Gasteiger charge is -2.34. The van der Waals surface area contributed by atoms with Gasteiger partial charge < -0.3 is 14.4 Å². The third-order valence-electron chi connectivity index (χ3n) is 5.42. The van der Waals surface area contributed by atoms with E-state index in [4.69, 9.17) is 9.47 Å². The number of piperazine rings is 1. The average molecular weight is 459 g/mol. The summed E-state index contributed by atoms with van der Waals surface area (Å²) in [6.45, 7) is 5.62. The Bertz CT molecular complexity index is 1200. The number of hydrogen-bond donors (Lipinski definition) is 0. The van der Waals surface area contributed by atoms with Crippen molar-refractivity contribution in [3.8, 4) is 17.3 Å². The fourth-order valence-electron chi connectivity index (χ4n) is 3.74. The van der Waals surface area contributed by atoms with Gasteiger partial charge >= 0.3 is 0 Å². The molecule has 0 N–H and O–H groups in total. The Morgan fingerprint density at radius 2 is 1.50 bits per heavy atom. The Labute approximate surface area is 187 Å². The number of sulfonamides is 1. The van der Waals surface area contributed by atoms with Crippen LogP contribution in [0.2, 0.25) is 0 Å². The van der Waals surface area contributed by atoms with Crippen molar-refractivity contribution in [1.29, 1.82) is 0 Å². The van der Waals surface area contributed by atoms with Crippen molar-refractivity contribution >= 4 is 15.8 Å². The van der Waals surface area contributed by atoms with Crippen LogP contribution in [0.3, 0.4) is 0 Å².